The lowest BCUT2D eigenvalue weighted by atomic mass is 10.2. The van der Waals surface area contributed by atoms with Crippen molar-refractivity contribution in [3.05, 3.63) is 47.4 Å². The molecule has 2 fully saturated rings. The Morgan fingerprint density at radius 3 is 2.83 bits per heavy atom. The highest BCUT2D eigenvalue weighted by atomic mass is 32.2. The highest BCUT2D eigenvalue weighted by Crippen LogP contribution is 2.40. The second-order valence-corrected chi connectivity index (χ2v) is 8.95. The first-order valence-corrected chi connectivity index (χ1v) is 10.9. The van der Waals surface area contributed by atoms with Gasteiger partial charge in [0.25, 0.3) is 5.91 Å². The lowest BCUT2D eigenvalue weighted by molar-refractivity contribution is 0.102. The Labute approximate surface area is 178 Å². The summed E-state index contributed by atoms with van der Waals surface area (Å²) in [6.07, 6.45) is 2.11. The molecule has 0 radical (unpaired) electrons. The van der Waals surface area contributed by atoms with E-state index in [1.54, 1.807) is 0 Å². The maximum absolute atomic E-state index is 14.0. The fourth-order valence-corrected chi connectivity index (χ4v) is 4.49. The van der Waals surface area contributed by atoms with E-state index in [1.165, 1.54) is 12.1 Å². The van der Waals surface area contributed by atoms with E-state index < -0.39 is 34.8 Å². The van der Waals surface area contributed by atoms with E-state index in [2.05, 4.69) is 15.0 Å². The minimum Gasteiger partial charge on any atom is -0.496 e. The molecule has 1 saturated heterocycles. The molecule has 30 heavy (non-hydrogen) atoms. The Kier molecular flexibility index (Phi) is 4.74. The molecule has 8 nitrogen and oxygen atoms in total. The molecule has 1 aliphatic carbocycles. The lowest BCUT2D eigenvalue weighted by Crippen LogP contribution is -2.35. The average molecular weight is 438 g/mol. The van der Waals surface area contributed by atoms with Gasteiger partial charge in [-0.25, -0.2) is 22.5 Å². The fraction of sp³-hybridized carbons (Fsp3) is 0.400. The van der Waals surface area contributed by atoms with Gasteiger partial charge >= 0.3 is 0 Å². The Balaban J connectivity index is 1.64. The van der Waals surface area contributed by atoms with Gasteiger partial charge in [-0.2, -0.15) is 0 Å². The van der Waals surface area contributed by atoms with Gasteiger partial charge in [0.05, 0.1) is 33.9 Å². The predicted molar refractivity (Wildman–Crippen MR) is 107 cm³/mol. The van der Waals surface area contributed by atoms with Gasteiger partial charge in [-0.3, -0.25) is 4.79 Å². The first kappa shape index (κ1) is 17.2. The van der Waals surface area contributed by atoms with Crippen LogP contribution in [0.1, 0.15) is 45.3 Å². The largest absolute Gasteiger partial charge is 0.496 e. The van der Waals surface area contributed by atoms with Crippen molar-refractivity contribution in [3.63, 3.8) is 0 Å². The number of ether oxygens (including phenoxy) is 2. The third kappa shape index (κ3) is 4.45. The fourth-order valence-electron chi connectivity index (χ4n) is 3.21. The maximum Gasteiger partial charge on any atom is 0.260 e. The standard InChI is InChI=1S/C20H22FN3O5S/c1-28-17-6-4-14(30(26,27)24-13-8-9-29-11-13)10-15(17)20(25)23-18-7-5-16(21)19(22-18)12-2-3-12/h4-7,10,12-13,24H,2-3,8-9,11H2,1H3,(H,22,23,25)/t13-/m0/s1/i1D3. The molecular formula is C20H22FN3O5S. The number of pyridine rings is 1. The Morgan fingerprint density at radius 2 is 2.13 bits per heavy atom. The number of carbonyl (C=O) groups excluding carboxylic acids is 1. The van der Waals surface area contributed by atoms with Crippen LogP contribution in [0.2, 0.25) is 0 Å². The Hall–Kier alpha value is -2.56. The molecule has 2 heterocycles. The predicted octanol–water partition coefficient (Wildman–Crippen LogP) is 2.43. The van der Waals surface area contributed by atoms with E-state index in [1.807, 2.05) is 0 Å². The van der Waals surface area contributed by atoms with Gasteiger partial charge in [0.15, 0.2) is 0 Å². The first-order valence-electron chi connectivity index (χ1n) is 10.9. The van der Waals surface area contributed by atoms with Crippen LogP contribution in [-0.2, 0) is 14.8 Å². The van der Waals surface area contributed by atoms with Gasteiger partial charge in [-0.1, -0.05) is 0 Å². The van der Waals surface area contributed by atoms with Crippen molar-refractivity contribution in [2.24, 2.45) is 0 Å². The van der Waals surface area contributed by atoms with Crippen molar-refractivity contribution < 1.29 is 31.2 Å². The Morgan fingerprint density at radius 1 is 1.30 bits per heavy atom. The van der Waals surface area contributed by atoms with Gasteiger partial charge in [0.2, 0.25) is 10.0 Å². The number of anilines is 1. The van der Waals surface area contributed by atoms with Crippen LogP contribution in [0.3, 0.4) is 0 Å². The van der Waals surface area contributed by atoms with Crippen LogP contribution < -0.4 is 14.8 Å². The number of halogens is 1. The zero-order valence-corrected chi connectivity index (χ0v) is 16.7. The monoisotopic (exact) mass is 438 g/mol. The first-order chi connectivity index (χ1) is 15.5. The van der Waals surface area contributed by atoms with Crippen molar-refractivity contribution >= 4 is 21.7 Å². The van der Waals surface area contributed by atoms with E-state index in [0.717, 1.165) is 31.0 Å². The molecule has 4 rings (SSSR count). The van der Waals surface area contributed by atoms with Crippen molar-refractivity contribution in [1.82, 2.24) is 9.71 Å². The second-order valence-electron chi connectivity index (χ2n) is 7.23. The number of nitrogens with one attached hydrogen (secondary N) is 2. The van der Waals surface area contributed by atoms with Crippen LogP contribution in [0.4, 0.5) is 10.2 Å². The molecule has 1 amide bonds. The number of aromatic nitrogens is 1. The zero-order valence-electron chi connectivity index (χ0n) is 18.9. The van der Waals surface area contributed by atoms with Crippen LogP contribution in [0.5, 0.6) is 5.75 Å². The highest BCUT2D eigenvalue weighted by molar-refractivity contribution is 7.89. The number of rotatable bonds is 7. The summed E-state index contributed by atoms with van der Waals surface area (Å²) < 4.78 is 74.1. The van der Waals surface area contributed by atoms with Gasteiger partial charge in [0, 0.05) is 18.6 Å². The number of sulfonamides is 1. The summed E-state index contributed by atoms with van der Waals surface area (Å²) in [4.78, 5) is 16.9. The number of amides is 1. The van der Waals surface area contributed by atoms with Crippen LogP contribution in [0.25, 0.3) is 0 Å². The highest BCUT2D eigenvalue weighted by Gasteiger charge is 2.29. The number of hydrogen-bond acceptors (Lipinski definition) is 6. The molecule has 2 aromatic rings. The molecule has 2 N–H and O–H groups in total. The van der Waals surface area contributed by atoms with Gasteiger partial charge in [-0.05, 0) is 49.6 Å². The molecule has 10 heteroatoms. The van der Waals surface area contributed by atoms with Crippen molar-refractivity contribution in [2.75, 3.05) is 25.6 Å². The van der Waals surface area contributed by atoms with Crippen LogP contribution >= 0.6 is 0 Å². The second kappa shape index (κ2) is 8.29. The van der Waals surface area contributed by atoms with E-state index in [0.29, 0.717) is 13.0 Å². The smallest absolute Gasteiger partial charge is 0.260 e. The van der Waals surface area contributed by atoms with Crippen LogP contribution in [0, 0.1) is 5.82 Å². The summed E-state index contributed by atoms with van der Waals surface area (Å²) in [5, 5.41) is 2.47. The van der Waals surface area contributed by atoms with Crippen LogP contribution in [-0.4, -0.2) is 45.6 Å². The molecule has 2 aliphatic rings. The number of carbonyl (C=O) groups is 1. The molecule has 1 aromatic heterocycles. The summed E-state index contributed by atoms with van der Waals surface area (Å²) >= 11 is 0. The van der Waals surface area contributed by atoms with Gasteiger partial charge < -0.3 is 14.8 Å². The van der Waals surface area contributed by atoms with Gasteiger partial charge in [0.1, 0.15) is 17.4 Å². The molecule has 1 saturated carbocycles. The van der Waals surface area contributed by atoms with E-state index in [-0.39, 0.29) is 40.2 Å². The summed E-state index contributed by atoms with van der Waals surface area (Å²) in [6, 6.07) is 5.33. The molecule has 160 valence electrons. The number of hydrogen-bond donors (Lipinski definition) is 2. The SMILES string of the molecule is [2H]C([2H])([2H])Oc1ccc(S(=O)(=O)N[C@H]2CCOC2)cc1C(=O)Nc1ccc(F)c(C2CC2)n1. The number of benzene rings is 1. The van der Waals surface area contributed by atoms with E-state index in [4.69, 9.17) is 13.6 Å². The minimum atomic E-state index is -4.02. The normalized spacial score (nSPS) is 20.8. The molecule has 0 unspecified atom stereocenters. The average Bonchev–Trinajstić information content (AvgIpc) is 3.45. The molecule has 1 atom stereocenters. The zero-order chi connectivity index (χ0) is 23.8. The van der Waals surface area contributed by atoms with Crippen molar-refractivity contribution in [2.45, 2.75) is 36.1 Å². The number of nitrogens with zero attached hydrogens (tertiary/aromatic N) is 1. The van der Waals surface area contributed by atoms with Crippen LogP contribution in [0.15, 0.2) is 35.2 Å². The number of methoxy groups -OCH3 is 1. The van der Waals surface area contributed by atoms with Crippen molar-refractivity contribution in [1.29, 1.82) is 0 Å². The van der Waals surface area contributed by atoms with E-state index in [9.17, 15) is 17.6 Å². The topological polar surface area (TPSA) is 107 Å². The molecule has 0 bridgehead atoms. The summed E-state index contributed by atoms with van der Waals surface area (Å²) in [5.41, 5.74) is -0.0816. The summed E-state index contributed by atoms with van der Waals surface area (Å²) in [7, 11) is -6.89. The summed E-state index contributed by atoms with van der Waals surface area (Å²) in [6.45, 7) is 0.659. The molecule has 0 spiro atoms. The third-order valence-corrected chi connectivity index (χ3v) is 6.46. The maximum atomic E-state index is 14.0. The van der Waals surface area contributed by atoms with E-state index >= 15 is 0 Å². The van der Waals surface area contributed by atoms with Crippen molar-refractivity contribution in [3.8, 4) is 5.75 Å². The Bertz CT molecular complexity index is 1170. The minimum absolute atomic E-state index is 0.00424. The lowest BCUT2D eigenvalue weighted by Gasteiger charge is -2.14. The third-order valence-electron chi connectivity index (χ3n) is 4.95. The molecule has 1 aromatic carbocycles. The summed E-state index contributed by atoms with van der Waals surface area (Å²) in [5.74, 6) is -1.61. The molecular weight excluding hydrogens is 413 g/mol. The quantitative estimate of drug-likeness (QED) is 0.688. The van der Waals surface area contributed by atoms with Gasteiger partial charge in [-0.15, -0.1) is 0 Å². The molecule has 1 aliphatic heterocycles.